The van der Waals surface area contributed by atoms with Crippen LogP contribution in [0.4, 0.5) is 18.9 Å². The Morgan fingerprint density at radius 2 is 1.72 bits per heavy atom. The van der Waals surface area contributed by atoms with Crippen molar-refractivity contribution in [3.05, 3.63) is 120 Å². The summed E-state index contributed by atoms with van der Waals surface area (Å²) in [4.78, 5) is 22.6. The molecule has 0 N–H and O–H groups in total. The molecule has 1 aliphatic rings. The predicted molar refractivity (Wildman–Crippen MR) is 164 cm³/mol. The van der Waals surface area contributed by atoms with Crippen molar-refractivity contribution >= 4 is 27.5 Å². The number of rotatable bonds is 7. The molecule has 0 aliphatic carbocycles. The van der Waals surface area contributed by atoms with Crippen molar-refractivity contribution in [2.45, 2.75) is 43.7 Å². The summed E-state index contributed by atoms with van der Waals surface area (Å²) in [7, 11) is -4.66. The van der Waals surface area contributed by atoms with Crippen molar-refractivity contribution in [2.75, 3.05) is 7.11 Å². The number of alkyl halides is 3. The number of fused-ring (bicyclic) bond motifs is 1. The van der Waals surface area contributed by atoms with Gasteiger partial charge in [0.15, 0.2) is 10.1 Å². The van der Waals surface area contributed by atoms with Crippen molar-refractivity contribution in [3.63, 3.8) is 0 Å². The first-order chi connectivity index (χ1) is 21.4. The maximum Gasteiger partial charge on any atom is 0.485 e. The number of hydrogen-bond acceptors (Lipinski definition) is 7. The zero-order valence-electron chi connectivity index (χ0n) is 24.9. The van der Waals surface area contributed by atoms with Crippen LogP contribution < -0.4 is 0 Å². The van der Waals surface area contributed by atoms with E-state index in [1.807, 2.05) is 72.8 Å². The van der Waals surface area contributed by atoms with Gasteiger partial charge in [-0.05, 0) is 43.5 Å². The molecule has 2 aromatic heterocycles. The molecule has 13 heteroatoms. The third-order valence-corrected chi connectivity index (χ3v) is 8.22. The molecule has 0 radical (unpaired) electrons. The SMILES string of the molecule is C=CC1(CC)CCCn2c(C(=O)OC)cc(-c3ccccc3N=C(c3ccccc3)c3ccccn3)c21.O=S(=O)([O-])C(F)(F)F.[Pt]. The summed E-state index contributed by atoms with van der Waals surface area (Å²) in [5.41, 5.74) is 1.15. The molecule has 0 fully saturated rings. The van der Waals surface area contributed by atoms with Gasteiger partial charge in [-0.25, -0.2) is 18.2 Å². The quantitative estimate of drug-likeness (QED) is 0.0642. The number of nitrogens with zero attached hydrogens (tertiary/aromatic N) is 3. The summed E-state index contributed by atoms with van der Waals surface area (Å²) in [6.45, 7) is 7.17. The Hall–Kier alpha value is -3.86. The van der Waals surface area contributed by atoms with Gasteiger partial charge in [-0.3, -0.25) is 4.98 Å². The maximum atomic E-state index is 12.8. The summed E-state index contributed by atoms with van der Waals surface area (Å²) in [6, 6.07) is 26.0. The monoisotopic (exact) mass is 833 g/mol. The number of pyridine rings is 1. The standard InChI is InChI=1S/C32H31N3O2.CHF3O3S.Pt/c1-4-32(5-2)19-13-21-35-28(31(36)37-3)22-25(30(32)35)24-16-9-10-17-26(24)34-29(23-14-7-6-8-15-23)27-18-11-12-20-33-27;2-1(3,4)8(5,6)7;/h4,6-12,14-18,20,22H,1,5,13,19,21H2,2-3H3;(H,5,6,7);/p-1. The molecule has 3 heterocycles. The minimum absolute atomic E-state index is 0. The van der Waals surface area contributed by atoms with E-state index in [4.69, 9.17) is 22.7 Å². The number of para-hydroxylation sites is 1. The third-order valence-electron chi connectivity index (χ3n) is 7.65. The van der Waals surface area contributed by atoms with Gasteiger partial charge in [-0.2, -0.15) is 13.2 Å². The molecule has 5 rings (SSSR count). The molecule has 0 amide bonds. The Morgan fingerprint density at radius 1 is 1.09 bits per heavy atom. The molecular weight excluding hydrogens is 803 g/mol. The van der Waals surface area contributed by atoms with Crippen LogP contribution in [-0.2, 0) is 47.9 Å². The normalized spacial score (nSPS) is 16.3. The summed E-state index contributed by atoms with van der Waals surface area (Å²) < 4.78 is 66.2. The van der Waals surface area contributed by atoms with E-state index in [-0.39, 0.29) is 32.4 Å². The first kappa shape index (κ1) is 36.6. The van der Waals surface area contributed by atoms with Gasteiger partial charge in [0.25, 0.3) is 0 Å². The molecule has 0 bridgehead atoms. The Balaban J connectivity index is 0.000000569. The Labute approximate surface area is 280 Å². The Bertz CT molecular complexity index is 1770. The van der Waals surface area contributed by atoms with Crippen molar-refractivity contribution in [2.24, 2.45) is 4.99 Å². The number of halogens is 3. The summed E-state index contributed by atoms with van der Waals surface area (Å²) >= 11 is 0. The molecular formula is C33H31F3N3O5PtS-. The average Bonchev–Trinajstić information content (AvgIpc) is 3.44. The molecule has 1 unspecified atom stereocenters. The molecule has 0 spiro atoms. The van der Waals surface area contributed by atoms with E-state index in [1.165, 1.54) is 7.11 Å². The van der Waals surface area contributed by atoms with Crippen LogP contribution in [-0.4, -0.2) is 46.8 Å². The smallest absolute Gasteiger partial charge is 0.485 e. The van der Waals surface area contributed by atoms with E-state index < -0.39 is 15.6 Å². The molecule has 1 aliphatic heterocycles. The summed E-state index contributed by atoms with van der Waals surface area (Å²) in [6.07, 6.45) is 6.69. The number of esters is 1. The number of carbonyl (C=O) groups excluding carboxylic acids is 1. The summed E-state index contributed by atoms with van der Waals surface area (Å²) in [5, 5.41) is 0. The first-order valence-electron chi connectivity index (χ1n) is 14.0. The average molecular weight is 834 g/mol. The van der Waals surface area contributed by atoms with Gasteiger partial charge in [0.2, 0.25) is 0 Å². The molecule has 246 valence electrons. The fraction of sp³-hybridized carbons (Fsp3) is 0.242. The second-order valence-electron chi connectivity index (χ2n) is 10.2. The fourth-order valence-corrected chi connectivity index (χ4v) is 5.44. The van der Waals surface area contributed by atoms with Crippen LogP contribution >= 0.6 is 0 Å². The van der Waals surface area contributed by atoms with Gasteiger partial charge in [0, 0.05) is 61.6 Å². The number of benzene rings is 2. The van der Waals surface area contributed by atoms with Gasteiger partial charge in [0.05, 0.1) is 24.2 Å². The molecule has 4 aromatic rings. The van der Waals surface area contributed by atoms with Crippen molar-refractivity contribution in [3.8, 4) is 11.1 Å². The number of carbonyl (C=O) groups is 1. The van der Waals surface area contributed by atoms with Crippen LogP contribution in [0, 0.1) is 0 Å². The van der Waals surface area contributed by atoms with E-state index in [2.05, 4.69) is 35.2 Å². The number of methoxy groups -OCH3 is 1. The second-order valence-corrected chi connectivity index (χ2v) is 11.6. The Morgan fingerprint density at radius 3 is 2.28 bits per heavy atom. The van der Waals surface area contributed by atoms with Gasteiger partial charge in [0.1, 0.15) is 5.69 Å². The molecule has 46 heavy (non-hydrogen) atoms. The minimum Gasteiger partial charge on any atom is -0.741 e. The predicted octanol–water partition coefficient (Wildman–Crippen LogP) is 7.18. The molecule has 2 aromatic carbocycles. The van der Waals surface area contributed by atoms with Gasteiger partial charge in [-0.15, -0.1) is 6.58 Å². The molecule has 0 saturated carbocycles. The molecule has 8 nitrogen and oxygen atoms in total. The van der Waals surface area contributed by atoms with Crippen LogP contribution in [0.25, 0.3) is 11.1 Å². The number of aliphatic imine (C=N–C) groups is 1. The largest absolute Gasteiger partial charge is 0.741 e. The van der Waals surface area contributed by atoms with E-state index in [0.29, 0.717) is 5.69 Å². The zero-order chi connectivity index (χ0) is 32.8. The Kier molecular flexibility index (Phi) is 12.1. The van der Waals surface area contributed by atoms with Crippen LogP contribution in [0.3, 0.4) is 0 Å². The topological polar surface area (TPSA) is 114 Å². The second kappa shape index (κ2) is 15.2. The van der Waals surface area contributed by atoms with Crippen LogP contribution in [0.1, 0.15) is 53.6 Å². The number of aromatic nitrogens is 2. The number of allylic oxidation sites excluding steroid dienone is 1. The van der Waals surface area contributed by atoms with E-state index in [1.54, 1.807) is 6.20 Å². The maximum absolute atomic E-state index is 12.8. The van der Waals surface area contributed by atoms with Gasteiger partial charge >= 0.3 is 11.5 Å². The summed E-state index contributed by atoms with van der Waals surface area (Å²) in [5.74, 6) is -0.331. The fourth-order valence-electron chi connectivity index (χ4n) is 5.44. The van der Waals surface area contributed by atoms with Gasteiger partial charge < -0.3 is 13.9 Å². The van der Waals surface area contributed by atoms with Crippen LogP contribution in [0.15, 0.2) is 103 Å². The van der Waals surface area contributed by atoms with E-state index in [0.717, 1.165) is 65.3 Å². The molecule has 0 saturated heterocycles. The third kappa shape index (κ3) is 7.74. The van der Waals surface area contributed by atoms with Gasteiger partial charge in [-0.1, -0.05) is 67.6 Å². The first-order valence-corrected chi connectivity index (χ1v) is 15.4. The van der Waals surface area contributed by atoms with Crippen LogP contribution in [0.2, 0.25) is 0 Å². The minimum atomic E-state index is -6.09. The van der Waals surface area contributed by atoms with Crippen LogP contribution in [0.5, 0.6) is 0 Å². The van der Waals surface area contributed by atoms with E-state index >= 15 is 0 Å². The zero-order valence-corrected chi connectivity index (χ0v) is 28.0. The van der Waals surface area contributed by atoms with E-state index in [9.17, 15) is 18.0 Å². The number of ether oxygens (including phenoxy) is 1. The number of hydrogen-bond donors (Lipinski definition) is 0. The molecule has 1 atom stereocenters. The van der Waals surface area contributed by atoms with Crippen molar-refractivity contribution < 1.29 is 56.7 Å². The van der Waals surface area contributed by atoms with Crippen molar-refractivity contribution in [1.29, 1.82) is 0 Å². The van der Waals surface area contributed by atoms with Crippen molar-refractivity contribution in [1.82, 2.24) is 9.55 Å².